The van der Waals surface area contributed by atoms with E-state index >= 15 is 0 Å². The summed E-state index contributed by atoms with van der Waals surface area (Å²) in [6.45, 7) is 0. The Morgan fingerprint density at radius 2 is 2.00 bits per heavy atom. The predicted molar refractivity (Wildman–Crippen MR) is 61.7 cm³/mol. The smallest absolute Gasteiger partial charge is 0.128 e. The van der Waals surface area contributed by atoms with Gasteiger partial charge in [-0.2, -0.15) is 0 Å². The van der Waals surface area contributed by atoms with E-state index in [1.54, 1.807) is 6.08 Å². The Morgan fingerprint density at radius 3 is 2.73 bits per heavy atom. The van der Waals surface area contributed by atoms with Crippen LogP contribution in [-0.2, 0) is 4.79 Å². The van der Waals surface area contributed by atoms with Crippen molar-refractivity contribution in [2.45, 2.75) is 5.92 Å². The maximum absolute atomic E-state index is 10.8. The third-order valence-electron chi connectivity index (χ3n) is 2.38. The van der Waals surface area contributed by atoms with Gasteiger partial charge in [-0.15, -0.1) is 0 Å². The van der Waals surface area contributed by atoms with Crippen LogP contribution in [0.2, 0.25) is 5.02 Å². The van der Waals surface area contributed by atoms with Crippen molar-refractivity contribution in [3.63, 3.8) is 0 Å². The topological polar surface area (TPSA) is 17.1 Å². The van der Waals surface area contributed by atoms with Crippen LogP contribution in [0, 0.1) is 0 Å². The minimum atomic E-state index is -0.0683. The first-order valence-electron chi connectivity index (χ1n) is 4.67. The molecule has 1 nitrogen and oxygen atoms in total. The predicted octanol–water partition coefficient (Wildman–Crippen LogP) is 3.31. The molecule has 0 spiro atoms. The average Bonchev–Trinajstić information content (AvgIpc) is 2.30. The molecule has 0 N–H and O–H groups in total. The van der Waals surface area contributed by atoms with Gasteiger partial charge in [0, 0.05) is 16.5 Å². The molecule has 0 saturated heterocycles. The van der Waals surface area contributed by atoms with Crippen LogP contribution in [0.3, 0.4) is 0 Å². The van der Waals surface area contributed by atoms with Crippen molar-refractivity contribution in [2.24, 2.45) is 0 Å². The fourth-order valence-electron chi connectivity index (χ4n) is 1.64. The Morgan fingerprint density at radius 1 is 1.20 bits per heavy atom. The Kier molecular flexibility index (Phi) is 2.86. The summed E-state index contributed by atoms with van der Waals surface area (Å²) in [5.41, 5.74) is 1.56. The molecule has 0 heterocycles. The zero-order valence-electron chi connectivity index (χ0n) is 7.98. The largest absolute Gasteiger partial charge is 0.233 e. The van der Waals surface area contributed by atoms with Crippen LogP contribution in [0.25, 0.3) is 0 Å². The first-order valence-corrected chi connectivity index (χ1v) is 5.05. The molecular formula is C13H9ClO. The lowest BCUT2D eigenvalue weighted by molar-refractivity contribution is 0.566. The van der Waals surface area contributed by atoms with Crippen molar-refractivity contribution < 1.29 is 4.79 Å². The van der Waals surface area contributed by atoms with Crippen LogP contribution >= 0.6 is 11.6 Å². The summed E-state index contributed by atoms with van der Waals surface area (Å²) in [5, 5.41) is 0.676. The van der Waals surface area contributed by atoms with Gasteiger partial charge < -0.3 is 0 Å². The Hall–Kier alpha value is -1.56. The summed E-state index contributed by atoms with van der Waals surface area (Å²) >= 11 is 6.08. The number of halogens is 1. The highest BCUT2D eigenvalue weighted by molar-refractivity contribution is 6.31. The molecule has 1 atom stereocenters. The van der Waals surface area contributed by atoms with Crippen molar-refractivity contribution in [2.75, 3.05) is 0 Å². The maximum atomic E-state index is 10.8. The third kappa shape index (κ3) is 1.94. The summed E-state index contributed by atoms with van der Waals surface area (Å²) in [6.07, 6.45) is 7.45. The van der Waals surface area contributed by atoms with E-state index in [0.717, 1.165) is 5.56 Å². The normalized spacial score (nSPS) is 19.0. The molecular weight excluding hydrogens is 208 g/mol. The van der Waals surface area contributed by atoms with Gasteiger partial charge in [0.15, 0.2) is 0 Å². The fraction of sp³-hybridized carbons (Fsp3) is 0.0769. The highest BCUT2D eigenvalue weighted by Gasteiger charge is 2.16. The molecule has 0 bridgehead atoms. The standard InChI is InChI=1S/C13H9ClO/c14-13-8-4-3-7-12(13)11-6-2-1-5-10(11)9-15/h1-8,11H. The molecule has 74 valence electrons. The summed E-state index contributed by atoms with van der Waals surface area (Å²) in [7, 11) is 0. The molecule has 1 aliphatic rings. The Labute approximate surface area is 93.4 Å². The van der Waals surface area contributed by atoms with E-state index in [1.165, 1.54) is 0 Å². The lowest BCUT2D eigenvalue weighted by atomic mass is 9.89. The van der Waals surface area contributed by atoms with E-state index in [0.29, 0.717) is 10.6 Å². The molecule has 1 aromatic rings. The quantitative estimate of drug-likeness (QED) is 0.659. The van der Waals surface area contributed by atoms with Crippen LogP contribution in [0.15, 0.2) is 54.1 Å². The van der Waals surface area contributed by atoms with E-state index < -0.39 is 0 Å². The van der Waals surface area contributed by atoms with Gasteiger partial charge in [0.25, 0.3) is 0 Å². The minimum absolute atomic E-state index is 0.0683. The second-order valence-corrected chi connectivity index (χ2v) is 3.71. The average molecular weight is 217 g/mol. The number of rotatable bonds is 1. The molecule has 15 heavy (non-hydrogen) atoms. The van der Waals surface area contributed by atoms with Gasteiger partial charge >= 0.3 is 0 Å². The monoisotopic (exact) mass is 216 g/mol. The van der Waals surface area contributed by atoms with Gasteiger partial charge in [0.1, 0.15) is 5.94 Å². The molecule has 1 aliphatic carbocycles. The molecule has 1 aromatic carbocycles. The van der Waals surface area contributed by atoms with Crippen LogP contribution < -0.4 is 0 Å². The number of hydrogen-bond acceptors (Lipinski definition) is 1. The molecule has 0 radical (unpaired) electrons. The van der Waals surface area contributed by atoms with E-state index in [2.05, 4.69) is 0 Å². The van der Waals surface area contributed by atoms with Crippen molar-refractivity contribution in [3.8, 4) is 0 Å². The van der Waals surface area contributed by atoms with Gasteiger partial charge in [-0.3, -0.25) is 0 Å². The second-order valence-electron chi connectivity index (χ2n) is 3.30. The lowest BCUT2D eigenvalue weighted by Crippen LogP contribution is -2.01. The Balaban J connectivity index is 2.48. The number of benzene rings is 1. The summed E-state index contributed by atoms with van der Waals surface area (Å²) in [6, 6.07) is 7.54. The van der Waals surface area contributed by atoms with E-state index in [4.69, 9.17) is 11.6 Å². The van der Waals surface area contributed by atoms with E-state index in [9.17, 15) is 4.79 Å². The van der Waals surface area contributed by atoms with Gasteiger partial charge in [-0.1, -0.05) is 48.0 Å². The number of carbonyl (C=O) groups excluding carboxylic acids is 1. The van der Waals surface area contributed by atoms with Crippen LogP contribution in [0.5, 0.6) is 0 Å². The zero-order chi connectivity index (χ0) is 10.7. The SMILES string of the molecule is O=C=C1C=CC=CC1c1ccccc1Cl. The molecule has 2 rings (SSSR count). The van der Waals surface area contributed by atoms with E-state index in [1.807, 2.05) is 48.4 Å². The molecule has 2 heteroatoms. The van der Waals surface area contributed by atoms with Crippen molar-refractivity contribution in [3.05, 3.63) is 64.7 Å². The molecule has 0 aliphatic heterocycles. The van der Waals surface area contributed by atoms with Crippen molar-refractivity contribution in [1.29, 1.82) is 0 Å². The first-order chi connectivity index (χ1) is 7.33. The third-order valence-corrected chi connectivity index (χ3v) is 2.73. The van der Waals surface area contributed by atoms with Crippen LogP contribution in [0.4, 0.5) is 0 Å². The number of allylic oxidation sites excluding steroid dienone is 5. The van der Waals surface area contributed by atoms with Gasteiger partial charge in [0.05, 0.1) is 0 Å². The summed E-state index contributed by atoms with van der Waals surface area (Å²) < 4.78 is 0. The van der Waals surface area contributed by atoms with Gasteiger partial charge in [-0.25, -0.2) is 4.79 Å². The maximum Gasteiger partial charge on any atom is 0.128 e. The summed E-state index contributed by atoms with van der Waals surface area (Å²) in [4.78, 5) is 10.8. The second kappa shape index (κ2) is 4.31. The first kappa shape index (κ1) is 9.97. The zero-order valence-corrected chi connectivity index (χ0v) is 8.74. The molecule has 0 fully saturated rings. The minimum Gasteiger partial charge on any atom is -0.233 e. The lowest BCUT2D eigenvalue weighted by Gasteiger charge is -2.15. The van der Waals surface area contributed by atoms with Crippen molar-refractivity contribution >= 4 is 17.5 Å². The van der Waals surface area contributed by atoms with Crippen LogP contribution in [-0.4, -0.2) is 5.94 Å². The Bertz CT molecular complexity index is 479. The number of hydrogen-bond donors (Lipinski definition) is 0. The van der Waals surface area contributed by atoms with E-state index in [-0.39, 0.29) is 5.92 Å². The highest BCUT2D eigenvalue weighted by Crippen LogP contribution is 2.32. The molecule has 0 amide bonds. The van der Waals surface area contributed by atoms with Gasteiger partial charge in [-0.05, 0) is 17.7 Å². The van der Waals surface area contributed by atoms with Crippen molar-refractivity contribution in [1.82, 2.24) is 0 Å². The molecule has 1 unspecified atom stereocenters. The highest BCUT2D eigenvalue weighted by atomic mass is 35.5. The van der Waals surface area contributed by atoms with Gasteiger partial charge in [0.2, 0.25) is 0 Å². The van der Waals surface area contributed by atoms with Crippen LogP contribution in [0.1, 0.15) is 11.5 Å². The fourth-order valence-corrected chi connectivity index (χ4v) is 1.89. The summed E-state index contributed by atoms with van der Waals surface area (Å²) in [5.74, 6) is 1.88. The molecule has 0 aromatic heterocycles. The molecule has 0 saturated carbocycles.